The lowest BCUT2D eigenvalue weighted by Gasteiger charge is -2.36. The summed E-state index contributed by atoms with van der Waals surface area (Å²) in [6.45, 7) is 1.07. The van der Waals surface area contributed by atoms with Gasteiger partial charge in [0.05, 0.1) is 0 Å². The molecular weight excluding hydrogens is 303 g/mol. The van der Waals surface area contributed by atoms with Crippen LogP contribution >= 0.6 is 0 Å². The second-order valence-corrected chi connectivity index (χ2v) is 4.67. The number of rotatable bonds is 4. The van der Waals surface area contributed by atoms with Crippen LogP contribution in [-0.2, 0) is 9.59 Å². The molecule has 0 saturated heterocycles. The summed E-state index contributed by atoms with van der Waals surface area (Å²) < 4.78 is 56.7. The summed E-state index contributed by atoms with van der Waals surface area (Å²) in [6.07, 6.45) is -4.96. The van der Waals surface area contributed by atoms with E-state index in [-0.39, 0.29) is 18.7 Å². The molecule has 1 aliphatic rings. The largest absolute Gasteiger partial charge is 0.490 e. The van der Waals surface area contributed by atoms with Crippen LogP contribution in [-0.4, -0.2) is 54.1 Å². The van der Waals surface area contributed by atoms with Gasteiger partial charge in [-0.15, -0.1) is 0 Å². The van der Waals surface area contributed by atoms with Crippen molar-refractivity contribution in [3.63, 3.8) is 0 Å². The van der Waals surface area contributed by atoms with Crippen molar-refractivity contribution in [1.29, 1.82) is 0 Å². The van der Waals surface area contributed by atoms with Gasteiger partial charge in [0, 0.05) is 32.4 Å². The van der Waals surface area contributed by atoms with Gasteiger partial charge in [0.15, 0.2) is 0 Å². The summed E-state index contributed by atoms with van der Waals surface area (Å²) in [5, 5.41) is 7.12. The van der Waals surface area contributed by atoms with E-state index in [0.717, 1.165) is 0 Å². The molecule has 0 aromatic rings. The monoisotopic (exact) mass is 320 g/mol. The smallest absolute Gasteiger partial charge is 0.475 e. The maximum Gasteiger partial charge on any atom is 0.490 e. The normalized spacial score (nSPS) is 17.3. The number of nitrogens with two attached hydrogens (primary N) is 1. The Morgan fingerprint density at radius 1 is 1.33 bits per heavy atom. The van der Waals surface area contributed by atoms with Gasteiger partial charge in [0.1, 0.15) is 0 Å². The van der Waals surface area contributed by atoms with Crippen molar-refractivity contribution in [2.45, 2.75) is 31.4 Å². The Labute approximate surface area is 117 Å². The van der Waals surface area contributed by atoms with Crippen LogP contribution in [0.3, 0.4) is 0 Å². The number of nitrogens with zero attached hydrogens (tertiary/aromatic N) is 1. The maximum atomic E-state index is 12.5. The van der Waals surface area contributed by atoms with Crippen LogP contribution in [0.5, 0.6) is 0 Å². The molecule has 1 saturated carbocycles. The molecule has 0 radical (unpaired) electrons. The summed E-state index contributed by atoms with van der Waals surface area (Å²) in [6, 6.07) is 0. The summed E-state index contributed by atoms with van der Waals surface area (Å²) >= 11 is 0. The second kappa shape index (κ2) is 7.53. The van der Waals surface area contributed by atoms with E-state index in [2.05, 4.69) is 0 Å². The van der Waals surface area contributed by atoms with E-state index in [0.29, 0.717) is 19.5 Å². The van der Waals surface area contributed by atoms with E-state index in [4.69, 9.17) is 15.6 Å². The topological polar surface area (TPSA) is 83.6 Å². The molecule has 10 heteroatoms. The second-order valence-electron chi connectivity index (χ2n) is 4.67. The number of carboxylic acid groups (broad SMARTS) is 1. The van der Waals surface area contributed by atoms with Crippen LogP contribution in [0.4, 0.5) is 22.0 Å². The zero-order valence-corrected chi connectivity index (χ0v) is 11.3. The maximum absolute atomic E-state index is 12.5. The van der Waals surface area contributed by atoms with Crippen molar-refractivity contribution in [3.05, 3.63) is 0 Å². The molecule has 0 bridgehead atoms. The van der Waals surface area contributed by atoms with E-state index in [1.54, 1.807) is 7.05 Å². The van der Waals surface area contributed by atoms with Gasteiger partial charge in [-0.1, -0.05) is 0 Å². The molecule has 1 aliphatic carbocycles. The lowest BCUT2D eigenvalue weighted by Crippen LogP contribution is -2.46. The Balaban J connectivity index is 0.000000486. The first-order valence-electron chi connectivity index (χ1n) is 6.03. The minimum atomic E-state index is -5.08. The molecular formula is C11H17F5N2O3. The highest BCUT2D eigenvalue weighted by Crippen LogP contribution is 2.43. The third kappa shape index (κ3) is 7.21. The zero-order chi connectivity index (χ0) is 16.8. The molecule has 0 aromatic carbocycles. The minimum Gasteiger partial charge on any atom is -0.475 e. The number of carboxylic acids is 1. The van der Waals surface area contributed by atoms with E-state index in [9.17, 15) is 26.7 Å². The van der Waals surface area contributed by atoms with Gasteiger partial charge < -0.3 is 15.7 Å². The average Bonchev–Trinajstić information content (AvgIpc) is 2.31. The highest BCUT2D eigenvalue weighted by Gasteiger charge is 2.49. The first kappa shape index (κ1) is 19.6. The molecule has 21 heavy (non-hydrogen) atoms. The fourth-order valence-electron chi connectivity index (χ4n) is 1.59. The Morgan fingerprint density at radius 3 is 2.05 bits per heavy atom. The highest BCUT2D eigenvalue weighted by atomic mass is 19.4. The van der Waals surface area contributed by atoms with Crippen LogP contribution in [0.25, 0.3) is 0 Å². The quantitative estimate of drug-likeness (QED) is 0.769. The van der Waals surface area contributed by atoms with E-state index < -0.39 is 24.0 Å². The predicted molar refractivity (Wildman–Crippen MR) is 62.7 cm³/mol. The molecule has 0 aromatic heterocycles. The Bertz CT molecular complexity index is 365. The number of carbonyl (C=O) groups excluding carboxylic acids is 1. The molecule has 1 amide bonds. The lowest BCUT2D eigenvalue weighted by molar-refractivity contribution is -0.192. The molecule has 0 spiro atoms. The number of amides is 1. The van der Waals surface area contributed by atoms with Crippen molar-refractivity contribution in [2.24, 2.45) is 11.7 Å². The fourth-order valence-corrected chi connectivity index (χ4v) is 1.59. The lowest BCUT2D eigenvalue weighted by atomic mass is 9.80. The summed E-state index contributed by atoms with van der Waals surface area (Å²) in [5.74, 6) is -6.03. The molecule has 0 unspecified atom stereocenters. The Kier molecular flexibility index (Phi) is 7.01. The van der Waals surface area contributed by atoms with E-state index in [1.807, 2.05) is 0 Å². The van der Waals surface area contributed by atoms with Crippen molar-refractivity contribution in [2.75, 3.05) is 20.1 Å². The van der Waals surface area contributed by atoms with Crippen molar-refractivity contribution >= 4 is 11.9 Å². The average molecular weight is 320 g/mol. The summed E-state index contributed by atoms with van der Waals surface area (Å²) in [4.78, 5) is 21.9. The van der Waals surface area contributed by atoms with Gasteiger partial charge in [0.25, 0.3) is 0 Å². The summed E-state index contributed by atoms with van der Waals surface area (Å²) in [7, 11) is 1.63. The minimum absolute atomic E-state index is 0.177. The van der Waals surface area contributed by atoms with Crippen LogP contribution in [0, 0.1) is 5.92 Å². The van der Waals surface area contributed by atoms with Crippen LogP contribution in [0.1, 0.15) is 19.3 Å². The van der Waals surface area contributed by atoms with Gasteiger partial charge in [-0.3, -0.25) is 4.79 Å². The number of aliphatic carboxylic acids is 1. The van der Waals surface area contributed by atoms with Gasteiger partial charge in [-0.25, -0.2) is 13.6 Å². The molecule has 1 rings (SSSR count). The number of hydrogen-bond acceptors (Lipinski definition) is 3. The third-order valence-electron chi connectivity index (χ3n) is 2.76. The van der Waals surface area contributed by atoms with Crippen molar-refractivity contribution in [1.82, 2.24) is 4.90 Å². The standard InChI is InChI=1S/C9H16F2N2O.C2HF3O2/c1-13(4-2-3-12)8(14)7-5-9(10,11)6-7;3-2(4,5)1(6)7/h7H,2-6,12H2,1H3;(H,6,7). The van der Waals surface area contributed by atoms with Gasteiger partial charge >= 0.3 is 12.1 Å². The van der Waals surface area contributed by atoms with Crippen molar-refractivity contribution in [3.8, 4) is 0 Å². The molecule has 0 atom stereocenters. The number of halogens is 5. The van der Waals surface area contributed by atoms with E-state index >= 15 is 0 Å². The molecule has 3 N–H and O–H groups in total. The Morgan fingerprint density at radius 2 is 1.76 bits per heavy atom. The van der Waals surface area contributed by atoms with Gasteiger partial charge in [-0.2, -0.15) is 13.2 Å². The first-order chi connectivity index (χ1) is 9.40. The van der Waals surface area contributed by atoms with Crippen LogP contribution < -0.4 is 5.73 Å². The van der Waals surface area contributed by atoms with E-state index in [1.165, 1.54) is 4.90 Å². The zero-order valence-electron chi connectivity index (χ0n) is 11.3. The molecule has 124 valence electrons. The van der Waals surface area contributed by atoms with Crippen LogP contribution in [0.15, 0.2) is 0 Å². The first-order valence-corrected chi connectivity index (χ1v) is 6.03. The third-order valence-corrected chi connectivity index (χ3v) is 2.76. The van der Waals surface area contributed by atoms with Gasteiger partial charge in [-0.05, 0) is 13.0 Å². The van der Waals surface area contributed by atoms with Gasteiger partial charge in [0.2, 0.25) is 11.8 Å². The van der Waals surface area contributed by atoms with Crippen LogP contribution in [0.2, 0.25) is 0 Å². The molecule has 0 aliphatic heterocycles. The summed E-state index contributed by atoms with van der Waals surface area (Å²) in [5.41, 5.74) is 5.28. The number of carbonyl (C=O) groups is 2. The molecule has 0 heterocycles. The Hall–Kier alpha value is -1.45. The SMILES string of the molecule is CN(CCCN)C(=O)C1CC(F)(F)C1.O=C(O)C(F)(F)F. The fraction of sp³-hybridized carbons (Fsp3) is 0.818. The number of hydrogen-bond donors (Lipinski definition) is 2. The highest BCUT2D eigenvalue weighted by molar-refractivity contribution is 5.79. The molecule has 1 fully saturated rings. The van der Waals surface area contributed by atoms with Crippen molar-refractivity contribution < 1.29 is 36.6 Å². The predicted octanol–water partition coefficient (Wildman–Crippen LogP) is 1.47. The molecule has 5 nitrogen and oxygen atoms in total. The number of alkyl halides is 5.